The maximum atomic E-state index is 12.6. The van der Waals surface area contributed by atoms with Gasteiger partial charge in [0.05, 0.1) is 6.20 Å². The van der Waals surface area contributed by atoms with E-state index in [1.54, 1.807) is 34.0 Å². The Kier molecular flexibility index (Phi) is 5.34. The molecule has 25 heavy (non-hydrogen) atoms. The fourth-order valence-electron chi connectivity index (χ4n) is 2.21. The maximum Gasteiger partial charge on any atom is 0.410 e. The average Bonchev–Trinajstić information content (AvgIpc) is 3.26. The van der Waals surface area contributed by atoms with Crippen LogP contribution >= 0.6 is 0 Å². The van der Waals surface area contributed by atoms with Crippen LogP contribution in [-0.2, 0) is 21.4 Å². The first kappa shape index (κ1) is 18.8. The number of rotatable bonds is 4. The van der Waals surface area contributed by atoms with Gasteiger partial charge in [0.2, 0.25) is 5.91 Å². The van der Waals surface area contributed by atoms with E-state index in [2.05, 4.69) is 16.0 Å². The lowest BCUT2D eigenvalue weighted by Gasteiger charge is -2.29. The predicted molar refractivity (Wildman–Crippen MR) is 89.0 cm³/mol. The summed E-state index contributed by atoms with van der Waals surface area (Å²) in [7, 11) is 3.18. The van der Waals surface area contributed by atoms with Gasteiger partial charge in [0, 0.05) is 31.8 Å². The predicted octanol–water partition coefficient (Wildman–Crippen LogP) is 0.886. The fourth-order valence-corrected chi connectivity index (χ4v) is 2.21. The van der Waals surface area contributed by atoms with Gasteiger partial charge in [-0.1, -0.05) is 0 Å². The number of aromatic nitrogens is 2. The third kappa shape index (κ3) is 5.20. The van der Waals surface area contributed by atoms with E-state index in [-0.39, 0.29) is 11.8 Å². The van der Waals surface area contributed by atoms with Crippen LogP contribution in [0.3, 0.4) is 0 Å². The van der Waals surface area contributed by atoms with Crippen LogP contribution in [0, 0.1) is 5.92 Å². The molecule has 9 nitrogen and oxygen atoms in total. The standard InChI is InChI=1S/C16H25N5O4/c1-16(2,3)25-15(24)21(5)12(11-8-17-20(4)9-11)14(23)19-18-13(22)10-6-7-10/h8-10,12H,6-7H2,1-5H3,(H,18,22)(H,19,23). The highest BCUT2D eigenvalue weighted by atomic mass is 16.6. The summed E-state index contributed by atoms with van der Waals surface area (Å²) in [6.45, 7) is 5.23. The van der Waals surface area contributed by atoms with Gasteiger partial charge in [0.15, 0.2) is 0 Å². The first-order valence-electron chi connectivity index (χ1n) is 8.12. The molecule has 1 fully saturated rings. The highest BCUT2D eigenvalue weighted by Crippen LogP contribution is 2.28. The SMILES string of the molecule is CN(C(=O)OC(C)(C)C)C(C(=O)NNC(=O)C1CC1)c1cnn(C)c1. The second-order valence-corrected chi connectivity index (χ2v) is 7.19. The summed E-state index contributed by atoms with van der Waals surface area (Å²) in [5, 5.41) is 4.04. The van der Waals surface area contributed by atoms with E-state index in [9.17, 15) is 14.4 Å². The van der Waals surface area contributed by atoms with Crippen LogP contribution < -0.4 is 10.9 Å². The summed E-state index contributed by atoms with van der Waals surface area (Å²) in [6.07, 6.45) is 4.13. The smallest absolute Gasteiger partial charge is 0.410 e. The third-order valence-corrected chi connectivity index (χ3v) is 3.61. The van der Waals surface area contributed by atoms with Crippen molar-refractivity contribution in [2.45, 2.75) is 45.3 Å². The number of carbonyl (C=O) groups is 3. The number of likely N-dealkylation sites (N-methyl/N-ethyl adjacent to an activating group) is 1. The molecule has 1 heterocycles. The van der Waals surface area contributed by atoms with E-state index in [4.69, 9.17) is 4.74 Å². The minimum Gasteiger partial charge on any atom is -0.444 e. The van der Waals surface area contributed by atoms with Crippen molar-refractivity contribution in [1.82, 2.24) is 25.5 Å². The molecule has 0 radical (unpaired) electrons. The second kappa shape index (κ2) is 7.12. The molecule has 0 bridgehead atoms. The molecule has 1 saturated carbocycles. The summed E-state index contributed by atoms with van der Waals surface area (Å²) in [6, 6.07) is -0.983. The number of hydrogen-bond donors (Lipinski definition) is 2. The summed E-state index contributed by atoms with van der Waals surface area (Å²) in [5.41, 5.74) is 4.60. The highest BCUT2D eigenvalue weighted by Gasteiger charge is 2.34. The molecule has 0 aromatic carbocycles. The number of amides is 3. The lowest BCUT2D eigenvalue weighted by Crippen LogP contribution is -2.49. The highest BCUT2D eigenvalue weighted by molar-refractivity contribution is 5.89. The van der Waals surface area contributed by atoms with E-state index >= 15 is 0 Å². The minimum atomic E-state index is -0.983. The Morgan fingerprint density at radius 2 is 1.96 bits per heavy atom. The zero-order valence-corrected chi connectivity index (χ0v) is 15.2. The average molecular weight is 351 g/mol. The van der Waals surface area contributed by atoms with Gasteiger partial charge in [-0.05, 0) is 33.6 Å². The summed E-state index contributed by atoms with van der Waals surface area (Å²) in [5.74, 6) is -0.811. The molecule has 1 aliphatic carbocycles. The molecule has 0 spiro atoms. The summed E-state index contributed by atoms with van der Waals surface area (Å²) >= 11 is 0. The Hall–Kier alpha value is -2.58. The van der Waals surface area contributed by atoms with E-state index < -0.39 is 23.6 Å². The van der Waals surface area contributed by atoms with Crippen molar-refractivity contribution in [3.63, 3.8) is 0 Å². The van der Waals surface area contributed by atoms with Gasteiger partial charge >= 0.3 is 6.09 Å². The molecule has 138 valence electrons. The number of carbonyl (C=O) groups excluding carboxylic acids is 3. The van der Waals surface area contributed by atoms with Crippen molar-refractivity contribution in [2.24, 2.45) is 13.0 Å². The number of aryl methyl sites for hydroxylation is 1. The normalized spacial score (nSPS) is 15.2. The molecule has 1 atom stereocenters. The monoisotopic (exact) mass is 351 g/mol. The van der Waals surface area contributed by atoms with Crippen molar-refractivity contribution >= 4 is 17.9 Å². The van der Waals surface area contributed by atoms with Crippen LogP contribution in [0.15, 0.2) is 12.4 Å². The molecule has 9 heteroatoms. The Morgan fingerprint density at radius 3 is 2.44 bits per heavy atom. The van der Waals surface area contributed by atoms with Crippen LogP contribution in [0.25, 0.3) is 0 Å². The first-order chi connectivity index (χ1) is 11.6. The summed E-state index contributed by atoms with van der Waals surface area (Å²) < 4.78 is 6.85. The fraction of sp³-hybridized carbons (Fsp3) is 0.625. The molecule has 2 N–H and O–H groups in total. The zero-order valence-electron chi connectivity index (χ0n) is 15.2. The number of nitrogens with zero attached hydrogens (tertiary/aromatic N) is 3. The van der Waals surface area contributed by atoms with Crippen LogP contribution in [0.2, 0.25) is 0 Å². The number of hydrogen-bond acceptors (Lipinski definition) is 5. The van der Waals surface area contributed by atoms with Crippen molar-refractivity contribution < 1.29 is 19.1 Å². The number of hydrazine groups is 1. The first-order valence-corrected chi connectivity index (χ1v) is 8.12. The Balaban J connectivity index is 2.13. The van der Waals surface area contributed by atoms with Crippen molar-refractivity contribution in [3.05, 3.63) is 18.0 Å². The molecule has 1 unspecified atom stereocenters. The van der Waals surface area contributed by atoms with Gasteiger partial charge in [-0.2, -0.15) is 5.10 Å². The van der Waals surface area contributed by atoms with Gasteiger partial charge in [0.25, 0.3) is 5.91 Å². The molecule has 1 aromatic heterocycles. The second-order valence-electron chi connectivity index (χ2n) is 7.19. The van der Waals surface area contributed by atoms with Crippen LogP contribution in [0.1, 0.15) is 45.2 Å². The molecule has 1 aliphatic rings. The largest absolute Gasteiger partial charge is 0.444 e. The van der Waals surface area contributed by atoms with Crippen LogP contribution in [0.5, 0.6) is 0 Å². The van der Waals surface area contributed by atoms with E-state index in [0.717, 1.165) is 12.8 Å². The zero-order chi connectivity index (χ0) is 18.8. The maximum absolute atomic E-state index is 12.6. The van der Waals surface area contributed by atoms with Gasteiger partial charge in [0.1, 0.15) is 11.6 Å². The summed E-state index contributed by atoms with van der Waals surface area (Å²) in [4.78, 5) is 37.8. The van der Waals surface area contributed by atoms with E-state index in [1.807, 2.05) is 0 Å². The lowest BCUT2D eigenvalue weighted by molar-refractivity contribution is -0.132. The van der Waals surface area contributed by atoms with Crippen molar-refractivity contribution in [2.75, 3.05) is 7.05 Å². The van der Waals surface area contributed by atoms with Gasteiger partial charge in [-0.25, -0.2) is 4.79 Å². The van der Waals surface area contributed by atoms with Gasteiger partial charge in [-0.3, -0.25) is 30.0 Å². The third-order valence-electron chi connectivity index (χ3n) is 3.61. The molecular weight excluding hydrogens is 326 g/mol. The number of ether oxygens (including phenoxy) is 1. The Bertz CT molecular complexity index is 660. The molecule has 0 aliphatic heterocycles. The van der Waals surface area contributed by atoms with E-state index in [0.29, 0.717) is 5.56 Å². The topological polar surface area (TPSA) is 106 Å². The Labute approximate surface area is 146 Å². The molecule has 3 amide bonds. The molecule has 2 rings (SSSR count). The molecule has 0 saturated heterocycles. The van der Waals surface area contributed by atoms with Crippen molar-refractivity contribution in [3.8, 4) is 0 Å². The van der Waals surface area contributed by atoms with Crippen molar-refractivity contribution in [1.29, 1.82) is 0 Å². The lowest BCUT2D eigenvalue weighted by atomic mass is 10.1. The van der Waals surface area contributed by atoms with Crippen LogP contribution in [-0.4, -0.2) is 45.2 Å². The molecular formula is C16H25N5O4. The van der Waals surface area contributed by atoms with E-state index in [1.165, 1.54) is 22.8 Å². The van der Waals surface area contributed by atoms with Crippen LogP contribution in [0.4, 0.5) is 4.79 Å². The Morgan fingerprint density at radius 1 is 1.32 bits per heavy atom. The molecule has 1 aromatic rings. The van der Waals surface area contributed by atoms with Gasteiger partial charge < -0.3 is 4.74 Å². The minimum absolute atomic E-state index is 0.0410. The van der Waals surface area contributed by atoms with Gasteiger partial charge in [-0.15, -0.1) is 0 Å². The quantitative estimate of drug-likeness (QED) is 0.784. The number of nitrogens with one attached hydrogen (secondary N) is 2.